The highest BCUT2D eigenvalue weighted by atomic mass is 32.1. The van der Waals surface area contributed by atoms with Crippen molar-refractivity contribution >= 4 is 40.3 Å². The van der Waals surface area contributed by atoms with Crippen molar-refractivity contribution < 1.29 is 0 Å². The molecule has 0 heterocycles. The molecule has 22 heavy (non-hydrogen) atoms. The average molecular weight is 339 g/mol. The van der Waals surface area contributed by atoms with E-state index in [9.17, 15) is 0 Å². The Balaban J connectivity index is 2.29. The van der Waals surface area contributed by atoms with Gasteiger partial charge in [-0.05, 0) is 60.4 Å². The number of nitrogens with one attached hydrogen (secondary N) is 4. The molecule has 0 aromatic heterocycles. The van der Waals surface area contributed by atoms with Gasteiger partial charge in [0.05, 0.1) is 0 Å². The first-order valence-corrected chi connectivity index (χ1v) is 8.41. The number of benzene rings is 1. The van der Waals surface area contributed by atoms with Gasteiger partial charge in [0.2, 0.25) is 0 Å². The fraction of sp³-hybridized carbons (Fsp3) is 0.500. The quantitative estimate of drug-likeness (QED) is 0.487. The molecule has 0 aliphatic rings. The molecule has 0 unspecified atom stereocenters. The normalized spacial score (nSPS) is 10.5. The second-order valence-electron chi connectivity index (χ2n) is 5.92. The van der Waals surface area contributed by atoms with Gasteiger partial charge in [-0.15, -0.1) is 0 Å². The highest BCUT2D eigenvalue weighted by molar-refractivity contribution is 7.80. The van der Waals surface area contributed by atoms with Crippen LogP contribution in [0.15, 0.2) is 24.3 Å². The van der Waals surface area contributed by atoms with E-state index in [2.05, 4.69) is 61.3 Å². The summed E-state index contributed by atoms with van der Waals surface area (Å²) in [5, 5.41) is 7.25. The number of anilines is 1. The Bertz CT molecular complexity index is 483. The third-order valence-electron chi connectivity index (χ3n) is 3.13. The lowest BCUT2D eigenvalue weighted by Crippen LogP contribution is -2.48. The van der Waals surface area contributed by atoms with Crippen LogP contribution in [0.5, 0.6) is 0 Å². The maximum Gasteiger partial charge on any atom is 0.189 e. The molecule has 4 nitrogen and oxygen atoms in total. The standard InChI is InChI=1S/C16H26N4S2/c1-11(2)9-10-17-15(21)19-20-16(22)18-14-7-5-13(6-8-14)12(3)4/h5-8,11-12H,9-10H2,1-4H3,(H2,17,19,21)(H2,18,20,22). The lowest BCUT2D eigenvalue weighted by molar-refractivity contribution is 0.575. The van der Waals surface area contributed by atoms with E-state index in [1.807, 2.05) is 12.1 Å². The molecule has 0 radical (unpaired) electrons. The number of thiocarbonyl (C=S) groups is 2. The summed E-state index contributed by atoms with van der Waals surface area (Å²) in [6, 6.07) is 8.23. The molecule has 0 aliphatic heterocycles. The Kier molecular flexibility index (Phi) is 8.12. The molecule has 0 spiro atoms. The molecular weight excluding hydrogens is 312 g/mol. The van der Waals surface area contributed by atoms with Gasteiger partial charge < -0.3 is 10.6 Å². The van der Waals surface area contributed by atoms with Gasteiger partial charge in [0, 0.05) is 12.2 Å². The molecule has 0 saturated carbocycles. The molecule has 0 aliphatic carbocycles. The van der Waals surface area contributed by atoms with Gasteiger partial charge in [0.15, 0.2) is 10.2 Å². The molecule has 0 fully saturated rings. The first-order valence-electron chi connectivity index (χ1n) is 7.59. The number of hydrogen-bond donors (Lipinski definition) is 4. The zero-order chi connectivity index (χ0) is 16.5. The Morgan fingerprint density at radius 1 is 0.955 bits per heavy atom. The summed E-state index contributed by atoms with van der Waals surface area (Å²) in [7, 11) is 0. The van der Waals surface area contributed by atoms with E-state index in [0.29, 0.717) is 22.1 Å². The molecule has 0 atom stereocenters. The van der Waals surface area contributed by atoms with Crippen LogP contribution in [-0.4, -0.2) is 16.8 Å². The van der Waals surface area contributed by atoms with Crippen LogP contribution in [0.4, 0.5) is 5.69 Å². The van der Waals surface area contributed by atoms with Gasteiger partial charge in [-0.25, -0.2) is 0 Å². The third kappa shape index (κ3) is 7.56. The van der Waals surface area contributed by atoms with Crippen molar-refractivity contribution in [3.63, 3.8) is 0 Å². The predicted molar refractivity (Wildman–Crippen MR) is 103 cm³/mol. The van der Waals surface area contributed by atoms with E-state index in [1.165, 1.54) is 5.56 Å². The summed E-state index contributed by atoms with van der Waals surface area (Å²) in [6.45, 7) is 9.56. The fourth-order valence-corrected chi connectivity index (χ4v) is 2.07. The summed E-state index contributed by atoms with van der Waals surface area (Å²) in [5.41, 5.74) is 8.00. The van der Waals surface area contributed by atoms with Gasteiger partial charge in [0.1, 0.15) is 0 Å². The zero-order valence-electron chi connectivity index (χ0n) is 13.7. The van der Waals surface area contributed by atoms with Crippen LogP contribution in [-0.2, 0) is 0 Å². The molecule has 4 N–H and O–H groups in total. The van der Waals surface area contributed by atoms with Crippen LogP contribution < -0.4 is 21.5 Å². The third-order valence-corrected chi connectivity index (χ3v) is 3.58. The van der Waals surface area contributed by atoms with Gasteiger partial charge in [-0.1, -0.05) is 39.8 Å². The minimum absolute atomic E-state index is 0.477. The van der Waals surface area contributed by atoms with E-state index < -0.39 is 0 Å². The van der Waals surface area contributed by atoms with Gasteiger partial charge >= 0.3 is 0 Å². The second kappa shape index (κ2) is 9.58. The fourth-order valence-electron chi connectivity index (χ4n) is 1.75. The first-order chi connectivity index (χ1) is 10.4. The van der Waals surface area contributed by atoms with E-state index >= 15 is 0 Å². The summed E-state index contributed by atoms with van der Waals surface area (Å²) in [5.74, 6) is 1.18. The predicted octanol–water partition coefficient (Wildman–Crippen LogP) is 3.52. The molecule has 1 rings (SSSR count). The number of rotatable bonds is 5. The van der Waals surface area contributed by atoms with Crippen LogP contribution in [0.2, 0.25) is 0 Å². The monoisotopic (exact) mass is 338 g/mol. The van der Waals surface area contributed by atoms with Crippen LogP contribution >= 0.6 is 24.4 Å². The lowest BCUT2D eigenvalue weighted by Gasteiger charge is -2.15. The highest BCUT2D eigenvalue weighted by Crippen LogP contribution is 2.16. The molecular formula is C16H26N4S2. The second-order valence-corrected chi connectivity index (χ2v) is 6.74. The molecule has 6 heteroatoms. The smallest absolute Gasteiger partial charge is 0.189 e. The topological polar surface area (TPSA) is 48.1 Å². The van der Waals surface area contributed by atoms with Crippen LogP contribution in [0.1, 0.15) is 45.6 Å². The van der Waals surface area contributed by atoms with Crippen LogP contribution in [0.3, 0.4) is 0 Å². The Morgan fingerprint density at radius 3 is 2.09 bits per heavy atom. The summed E-state index contributed by atoms with van der Waals surface area (Å²) >= 11 is 10.4. The molecule has 1 aromatic carbocycles. The molecule has 0 bridgehead atoms. The Morgan fingerprint density at radius 2 is 1.55 bits per heavy atom. The molecule has 0 saturated heterocycles. The Hall–Kier alpha value is -1.40. The van der Waals surface area contributed by atoms with Crippen molar-refractivity contribution in [1.29, 1.82) is 0 Å². The lowest BCUT2D eigenvalue weighted by atomic mass is 10.0. The average Bonchev–Trinajstić information content (AvgIpc) is 2.45. The van der Waals surface area contributed by atoms with Crippen molar-refractivity contribution in [1.82, 2.24) is 16.2 Å². The SMILES string of the molecule is CC(C)CCNC(=S)NNC(=S)Nc1ccc(C(C)C)cc1. The highest BCUT2D eigenvalue weighted by Gasteiger charge is 2.01. The van der Waals surface area contributed by atoms with Gasteiger partial charge in [-0.2, -0.15) is 0 Å². The molecule has 1 aromatic rings. The van der Waals surface area contributed by atoms with Crippen molar-refractivity contribution in [3.8, 4) is 0 Å². The number of hydrazine groups is 1. The Labute approximate surface area is 144 Å². The summed E-state index contributed by atoms with van der Waals surface area (Å²) < 4.78 is 0. The van der Waals surface area contributed by atoms with Crippen LogP contribution in [0, 0.1) is 5.92 Å². The number of hydrogen-bond acceptors (Lipinski definition) is 2. The summed E-state index contributed by atoms with van der Waals surface area (Å²) in [6.07, 6.45) is 1.08. The zero-order valence-corrected chi connectivity index (χ0v) is 15.3. The minimum Gasteiger partial charge on any atom is -0.361 e. The van der Waals surface area contributed by atoms with Crippen molar-refractivity contribution in [2.45, 2.75) is 40.0 Å². The van der Waals surface area contributed by atoms with Crippen molar-refractivity contribution in [3.05, 3.63) is 29.8 Å². The molecule has 122 valence electrons. The minimum atomic E-state index is 0.477. The van der Waals surface area contributed by atoms with E-state index in [-0.39, 0.29) is 0 Å². The maximum atomic E-state index is 5.22. The van der Waals surface area contributed by atoms with Gasteiger partial charge in [0.25, 0.3) is 0 Å². The van der Waals surface area contributed by atoms with Gasteiger partial charge in [-0.3, -0.25) is 10.9 Å². The summed E-state index contributed by atoms with van der Waals surface area (Å²) in [4.78, 5) is 0. The first kappa shape index (κ1) is 18.6. The largest absolute Gasteiger partial charge is 0.361 e. The van der Waals surface area contributed by atoms with Crippen LogP contribution in [0.25, 0.3) is 0 Å². The maximum absolute atomic E-state index is 5.22. The van der Waals surface area contributed by atoms with E-state index in [0.717, 1.165) is 18.7 Å². The van der Waals surface area contributed by atoms with Crippen molar-refractivity contribution in [2.24, 2.45) is 5.92 Å². The van der Waals surface area contributed by atoms with E-state index in [1.54, 1.807) is 0 Å². The molecule has 0 amide bonds. The van der Waals surface area contributed by atoms with Crippen molar-refractivity contribution in [2.75, 3.05) is 11.9 Å². The van der Waals surface area contributed by atoms with E-state index in [4.69, 9.17) is 24.4 Å².